The van der Waals surface area contributed by atoms with Gasteiger partial charge in [-0.15, -0.1) is 0 Å². The molecule has 0 radical (unpaired) electrons. The van der Waals surface area contributed by atoms with Crippen molar-refractivity contribution in [3.63, 3.8) is 0 Å². The highest BCUT2D eigenvalue weighted by Gasteiger charge is 2.27. The molecule has 2 saturated heterocycles. The van der Waals surface area contributed by atoms with Gasteiger partial charge in [0.25, 0.3) is 0 Å². The van der Waals surface area contributed by atoms with Crippen LogP contribution in [0.3, 0.4) is 0 Å². The molecule has 1 amide bonds. The molecule has 1 N–H and O–H groups in total. The molecule has 2 heterocycles. The van der Waals surface area contributed by atoms with Crippen LogP contribution in [0.15, 0.2) is 29.2 Å². The van der Waals surface area contributed by atoms with Crippen LogP contribution in [0.25, 0.3) is 0 Å². The highest BCUT2D eigenvalue weighted by atomic mass is 32.2. The molecule has 0 aromatic heterocycles. The maximum atomic E-state index is 12.5. The van der Waals surface area contributed by atoms with Gasteiger partial charge in [0.15, 0.2) is 0 Å². The minimum absolute atomic E-state index is 0.169. The Balaban J connectivity index is 1.56. The fourth-order valence-corrected chi connectivity index (χ4v) is 4.99. The summed E-state index contributed by atoms with van der Waals surface area (Å²) in [4.78, 5) is 14.6. The van der Waals surface area contributed by atoms with Crippen molar-refractivity contribution in [2.75, 3.05) is 32.7 Å². The van der Waals surface area contributed by atoms with E-state index in [1.165, 1.54) is 0 Å². The molecule has 7 heteroatoms. The van der Waals surface area contributed by atoms with Gasteiger partial charge in [0.05, 0.1) is 4.90 Å². The number of hydrogen-bond acceptors (Lipinski definition) is 4. The number of aryl methyl sites for hydroxylation is 1. The second kappa shape index (κ2) is 7.85. The second-order valence-electron chi connectivity index (χ2n) is 6.95. The van der Waals surface area contributed by atoms with E-state index in [9.17, 15) is 13.2 Å². The summed E-state index contributed by atoms with van der Waals surface area (Å²) in [7, 11) is -3.36. The number of piperazine rings is 1. The molecule has 6 nitrogen and oxygen atoms in total. The van der Waals surface area contributed by atoms with Gasteiger partial charge in [-0.25, -0.2) is 8.42 Å². The highest BCUT2D eigenvalue weighted by molar-refractivity contribution is 7.89. The van der Waals surface area contributed by atoms with Crippen LogP contribution in [0.4, 0.5) is 0 Å². The van der Waals surface area contributed by atoms with E-state index >= 15 is 0 Å². The van der Waals surface area contributed by atoms with E-state index in [0.717, 1.165) is 38.0 Å². The van der Waals surface area contributed by atoms with E-state index in [4.69, 9.17) is 0 Å². The van der Waals surface area contributed by atoms with Gasteiger partial charge in [0.1, 0.15) is 0 Å². The molecular formula is C18H27N3O3S. The average Bonchev–Trinajstić information content (AvgIpc) is 3.15. The maximum Gasteiger partial charge on any atom is 0.243 e. The third kappa shape index (κ3) is 4.40. The Morgan fingerprint density at radius 2 is 1.84 bits per heavy atom. The lowest BCUT2D eigenvalue weighted by atomic mass is 10.1. The maximum absolute atomic E-state index is 12.5. The fourth-order valence-electron chi connectivity index (χ4n) is 3.47. The standard InChI is InChI=1S/C18H27N3O3S/c1-15-14-20(13-10-19-15)18(22)9-6-16-4-7-17(8-5-16)25(23,24)21-11-2-3-12-21/h4-5,7-8,15,19H,2-3,6,9-14H2,1H3. The zero-order chi connectivity index (χ0) is 17.9. The lowest BCUT2D eigenvalue weighted by molar-refractivity contribution is -0.132. The van der Waals surface area contributed by atoms with Crippen molar-refractivity contribution in [3.8, 4) is 0 Å². The molecule has 2 aliphatic heterocycles. The first-order valence-corrected chi connectivity index (χ1v) is 10.5. The molecule has 0 spiro atoms. The number of nitrogens with zero attached hydrogens (tertiary/aromatic N) is 2. The van der Waals surface area contributed by atoms with Crippen molar-refractivity contribution >= 4 is 15.9 Å². The zero-order valence-corrected chi connectivity index (χ0v) is 15.6. The van der Waals surface area contributed by atoms with Crippen molar-refractivity contribution in [2.45, 2.75) is 43.5 Å². The minimum Gasteiger partial charge on any atom is -0.340 e. The Morgan fingerprint density at radius 3 is 2.48 bits per heavy atom. The van der Waals surface area contributed by atoms with E-state index < -0.39 is 10.0 Å². The lowest BCUT2D eigenvalue weighted by Gasteiger charge is -2.32. The molecule has 0 aliphatic carbocycles. The van der Waals surface area contributed by atoms with Gasteiger partial charge >= 0.3 is 0 Å². The summed E-state index contributed by atoms with van der Waals surface area (Å²) in [5, 5.41) is 3.33. The molecular weight excluding hydrogens is 338 g/mol. The van der Waals surface area contributed by atoms with Crippen molar-refractivity contribution in [1.29, 1.82) is 0 Å². The number of carbonyl (C=O) groups excluding carboxylic acids is 1. The number of benzene rings is 1. The van der Waals surface area contributed by atoms with Crippen LogP contribution in [0, 0.1) is 0 Å². The Hall–Kier alpha value is -1.44. The summed E-state index contributed by atoms with van der Waals surface area (Å²) in [5.74, 6) is 0.169. The third-order valence-electron chi connectivity index (χ3n) is 4.98. The van der Waals surface area contributed by atoms with E-state index in [1.807, 2.05) is 17.0 Å². The SMILES string of the molecule is CC1CN(C(=O)CCc2ccc(S(=O)(=O)N3CCCC3)cc2)CCN1. The Kier molecular flexibility index (Phi) is 5.76. The first-order chi connectivity index (χ1) is 12.0. The zero-order valence-electron chi connectivity index (χ0n) is 14.8. The van der Waals surface area contributed by atoms with Crippen LogP contribution in [0.2, 0.25) is 0 Å². The fraction of sp³-hybridized carbons (Fsp3) is 0.611. The van der Waals surface area contributed by atoms with Gasteiger partial charge in [-0.1, -0.05) is 12.1 Å². The summed E-state index contributed by atoms with van der Waals surface area (Å²) in [5.41, 5.74) is 0.997. The Bertz CT molecular complexity index is 697. The topological polar surface area (TPSA) is 69.7 Å². The van der Waals surface area contributed by atoms with Crippen LogP contribution in [0.1, 0.15) is 31.7 Å². The number of rotatable bonds is 5. The molecule has 1 aromatic carbocycles. The summed E-state index contributed by atoms with van der Waals surface area (Å²) >= 11 is 0. The van der Waals surface area contributed by atoms with Gasteiger partial charge < -0.3 is 10.2 Å². The van der Waals surface area contributed by atoms with E-state index in [1.54, 1.807) is 16.4 Å². The summed E-state index contributed by atoms with van der Waals surface area (Å²) in [6.07, 6.45) is 2.97. The lowest BCUT2D eigenvalue weighted by Crippen LogP contribution is -2.51. The highest BCUT2D eigenvalue weighted by Crippen LogP contribution is 2.21. The monoisotopic (exact) mass is 365 g/mol. The number of carbonyl (C=O) groups is 1. The predicted molar refractivity (Wildman–Crippen MR) is 96.8 cm³/mol. The molecule has 3 rings (SSSR count). The van der Waals surface area contributed by atoms with Crippen molar-refractivity contribution < 1.29 is 13.2 Å². The van der Waals surface area contributed by atoms with Gasteiger partial charge in [-0.3, -0.25) is 4.79 Å². The first-order valence-electron chi connectivity index (χ1n) is 9.07. The van der Waals surface area contributed by atoms with Gasteiger partial charge in [0, 0.05) is 45.2 Å². The second-order valence-corrected chi connectivity index (χ2v) is 8.89. The molecule has 2 fully saturated rings. The van der Waals surface area contributed by atoms with Crippen molar-refractivity contribution in [2.24, 2.45) is 0 Å². The van der Waals surface area contributed by atoms with Crippen LogP contribution in [-0.2, 0) is 21.2 Å². The number of nitrogens with one attached hydrogen (secondary N) is 1. The molecule has 138 valence electrons. The summed E-state index contributed by atoms with van der Waals surface area (Å²) in [6.45, 7) is 5.67. The molecule has 1 aromatic rings. The molecule has 0 bridgehead atoms. The van der Waals surface area contributed by atoms with Gasteiger partial charge in [-0.05, 0) is 43.9 Å². The normalized spacial score (nSPS) is 22.3. The van der Waals surface area contributed by atoms with Crippen molar-refractivity contribution in [1.82, 2.24) is 14.5 Å². The summed E-state index contributed by atoms with van der Waals surface area (Å²) < 4.78 is 26.6. The van der Waals surface area contributed by atoms with Crippen LogP contribution in [-0.4, -0.2) is 62.3 Å². The molecule has 2 aliphatic rings. The minimum atomic E-state index is -3.36. The quantitative estimate of drug-likeness (QED) is 0.852. The van der Waals surface area contributed by atoms with Crippen LogP contribution < -0.4 is 5.32 Å². The van der Waals surface area contributed by atoms with Crippen LogP contribution >= 0.6 is 0 Å². The van der Waals surface area contributed by atoms with E-state index in [0.29, 0.717) is 36.9 Å². The average molecular weight is 365 g/mol. The van der Waals surface area contributed by atoms with E-state index in [2.05, 4.69) is 12.2 Å². The molecule has 0 saturated carbocycles. The smallest absolute Gasteiger partial charge is 0.243 e. The predicted octanol–water partition coefficient (Wildman–Crippen LogP) is 1.22. The van der Waals surface area contributed by atoms with Gasteiger partial charge in [0.2, 0.25) is 15.9 Å². The number of sulfonamides is 1. The van der Waals surface area contributed by atoms with Crippen molar-refractivity contribution in [3.05, 3.63) is 29.8 Å². The summed E-state index contributed by atoms with van der Waals surface area (Å²) in [6, 6.07) is 7.33. The van der Waals surface area contributed by atoms with E-state index in [-0.39, 0.29) is 5.91 Å². The Morgan fingerprint density at radius 1 is 1.16 bits per heavy atom. The largest absolute Gasteiger partial charge is 0.340 e. The first kappa shape index (κ1) is 18.4. The number of hydrogen-bond donors (Lipinski definition) is 1. The number of amides is 1. The molecule has 1 atom stereocenters. The molecule has 25 heavy (non-hydrogen) atoms. The van der Waals surface area contributed by atoms with Crippen LogP contribution in [0.5, 0.6) is 0 Å². The molecule has 1 unspecified atom stereocenters. The Labute approximate surface area is 150 Å². The third-order valence-corrected chi connectivity index (χ3v) is 6.89. The van der Waals surface area contributed by atoms with Gasteiger partial charge in [-0.2, -0.15) is 4.31 Å².